The first-order valence-electron chi connectivity index (χ1n) is 6.35. The number of hydrogen-bond donors (Lipinski definition) is 2. The quantitative estimate of drug-likeness (QED) is 0.622. The molecule has 5 heteroatoms. The SMILES string of the molecule is CCC(C)(C)Oc1nc(C(C)C)nc(NN)c1C. The van der Waals surface area contributed by atoms with Crippen LogP contribution in [0, 0.1) is 6.92 Å². The summed E-state index contributed by atoms with van der Waals surface area (Å²) < 4.78 is 5.97. The molecule has 3 N–H and O–H groups in total. The Morgan fingerprint density at radius 3 is 2.39 bits per heavy atom. The van der Waals surface area contributed by atoms with Crippen molar-refractivity contribution in [3.63, 3.8) is 0 Å². The van der Waals surface area contributed by atoms with Crippen LogP contribution in [0.2, 0.25) is 0 Å². The van der Waals surface area contributed by atoms with E-state index < -0.39 is 0 Å². The third-order valence-electron chi connectivity index (χ3n) is 3.00. The molecule has 18 heavy (non-hydrogen) atoms. The maximum atomic E-state index is 5.97. The van der Waals surface area contributed by atoms with Crippen LogP contribution in [0.15, 0.2) is 0 Å². The van der Waals surface area contributed by atoms with Gasteiger partial charge in [-0.15, -0.1) is 0 Å². The van der Waals surface area contributed by atoms with Crippen molar-refractivity contribution in [3.8, 4) is 5.88 Å². The van der Waals surface area contributed by atoms with E-state index in [4.69, 9.17) is 10.6 Å². The van der Waals surface area contributed by atoms with Crippen LogP contribution in [0.5, 0.6) is 5.88 Å². The zero-order valence-electron chi connectivity index (χ0n) is 12.2. The molecular weight excluding hydrogens is 228 g/mol. The summed E-state index contributed by atoms with van der Waals surface area (Å²) in [7, 11) is 0. The number of nitrogens with one attached hydrogen (secondary N) is 1. The second kappa shape index (κ2) is 5.52. The van der Waals surface area contributed by atoms with Crippen molar-refractivity contribution >= 4 is 5.82 Å². The van der Waals surface area contributed by atoms with Crippen LogP contribution in [0.1, 0.15) is 58.3 Å². The Hall–Kier alpha value is -1.36. The predicted octanol–water partition coefficient (Wildman–Crippen LogP) is 2.76. The van der Waals surface area contributed by atoms with Gasteiger partial charge >= 0.3 is 0 Å². The van der Waals surface area contributed by atoms with Gasteiger partial charge in [-0.3, -0.25) is 0 Å². The Morgan fingerprint density at radius 2 is 1.94 bits per heavy atom. The fraction of sp³-hybridized carbons (Fsp3) is 0.692. The summed E-state index contributed by atoms with van der Waals surface area (Å²) in [5, 5.41) is 0. The highest BCUT2D eigenvalue weighted by Gasteiger charge is 2.21. The van der Waals surface area contributed by atoms with E-state index in [1.54, 1.807) is 0 Å². The molecule has 1 heterocycles. The molecule has 1 rings (SSSR count). The van der Waals surface area contributed by atoms with E-state index in [-0.39, 0.29) is 11.5 Å². The van der Waals surface area contributed by atoms with Gasteiger partial charge in [-0.25, -0.2) is 10.8 Å². The number of hydrogen-bond acceptors (Lipinski definition) is 5. The number of nitrogens with zero attached hydrogens (tertiary/aromatic N) is 2. The highest BCUT2D eigenvalue weighted by atomic mass is 16.5. The maximum Gasteiger partial charge on any atom is 0.222 e. The van der Waals surface area contributed by atoms with Gasteiger partial charge in [0, 0.05) is 5.92 Å². The van der Waals surface area contributed by atoms with Gasteiger partial charge in [-0.1, -0.05) is 20.8 Å². The van der Waals surface area contributed by atoms with Crippen LogP contribution in [-0.4, -0.2) is 15.6 Å². The molecule has 0 aliphatic heterocycles. The second-order valence-electron chi connectivity index (χ2n) is 5.37. The van der Waals surface area contributed by atoms with E-state index in [1.165, 1.54) is 0 Å². The second-order valence-corrected chi connectivity index (χ2v) is 5.37. The van der Waals surface area contributed by atoms with Crippen molar-refractivity contribution in [2.24, 2.45) is 5.84 Å². The van der Waals surface area contributed by atoms with Crippen molar-refractivity contribution in [2.75, 3.05) is 5.43 Å². The van der Waals surface area contributed by atoms with Gasteiger partial charge in [0.1, 0.15) is 17.2 Å². The first kappa shape index (κ1) is 14.7. The zero-order valence-corrected chi connectivity index (χ0v) is 12.2. The molecule has 102 valence electrons. The molecule has 0 fully saturated rings. The van der Waals surface area contributed by atoms with Crippen LogP contribution in [0.25, 0.3) is 0 Å². The molecule has 0 aliphatic rings. The molecule has 0 saturated carbocycles. The van der Waals surface area contributed by atoms with E-state index >= 15 is 0 Å². The molecule has 0 aliphatic carbocycles. The van der Waals surface area contributed by atoms with E-state index in [0.29, 0.717) is 11.7 Å². The number of nitrogens with two attached hydrogens (primary N) is 1. The summed E-state index contributed by atoms with van der Waals surface area (Å²) in [6.07, 6.45) is 0.902. The fourth-order valence-corrected chi connectivity index (χ4v) is 1.34. The molecule has 1 aromatic rings. The number of ether oxygens (including phenoxy) is 1. The highest BCUT2D eigenvalue weighted by molar-refractivity contribution is 5.48. The maximum absolute atomic E-state index is 5.97. The molecule has 0 spiro atoms. The van der Waals surface area contributed by atoms with Gasteiger partial charge in [0.05, 0.1) is 5.56 Å². The van der Waals surface area contributed by atoms with Crippen LogP contribution in [-0.2, 0) is 0 Å². The predicted molar refractivity (Wildman–Crippen MR) is 73.7 cm³/mol. The third-order valence-corrected chi connectivity index (χ3v) is 3.00. The molecule has 0 radical (unpaired) electrons. The summed E-state index contributed by atoms with van der Waals surface area (Å²) in [6.45, 7) is 12.2. The number of nitrogen functional groups attached to an aromatic ring is 1. The summed E-state index contributed by atoms with van der Waals surface area (Å²) in [5.41, 5.74) is 3.19. The Labute approximate surface area is 109 Å². The number of anilines is 1. The van der Waals surface area contributed by atoms with Crippen molar-refractivity contribution in [1.29, 1.82) is 0 Å². The molecular formula is C13H24N4O. The number of hydrazine groups is 1. The first-order valence-corrected chi connectivity index (χ1v) is 6.35. The van der Waals surface area contributed by atoms with Gasteiger partial charge in [-0.2, -0.15) is 4.98 Å². The Morgan fingerprint density at radius 1 is 1.33 bits per heavy atom. The van der Waals surface area contributed by atoms with Crippen LogP contribution < -0.4 is 16.0 Å². The lowest BCUT2D eigenvalue weighted by molar-refractivity contribution is 0.0974. The van der Waals surface area contributed by atoms with E-state index in [2.05, 4.69) is 22.3 Å². The van der Waals surface area contributed by atoms with E-state index in [1.807, 2.05) is 34.6 Å². The first-order chi connectivity index (χ1) is 8.30. The van der Waals surface area contributed by atoms with Gasteiger partial charge in [0.15, 0.2) is 0 Å². The lowest BCUT2D eigenvalue weighted by Gasteiger charge is -2.26. The topological polar surface area (TPSA) is 73.1 Å². The lowest BCUT2D eigenvalue weighted by atomic mass is 10.1. The summed E-state index contributed by atoms with van der Waals surface area (Å²) >= 11 is 0. The lowest BCUT2D eigenvalue weighted by Crippen LogP contribution is -2.28. The fourth-order valence-electron chi connectivity index (χ4n) is 1.34. The molecule has 0 unspecified atom stereocenters. The highest BCUT2D eigenvalue weighted by Crippen LogP contribution is 2.28. The van der Waals surface area contributed by atoms with Gasteiger partial charge < -0.3 is 10.2 Å². The minimum Gasteiger partial charge on any atom is -0.471 e. The molecule has 0 aromatic carbocycles. The Kier molecular flexibility index (Phi) is 4.51. The molecule has 1 aromatic heterocycles. The number of rotatable bonds is 5. The minimum absolute atomic E-state index is 0.227. The molecule has 5 nitrogen and oxygen atoms in total. The van der Waals surface area contributed by atoms with Crippen molar-refractivity contribution in [3.05, 3.63) is 11.4 Å². The number of aromatic nitrogens is 2. The minimum atomic E-state index is -0.251. The summed E-state index contributed by atoms with van der Waals surface area (Å²) in [6, 6.07) is 0. The van der Waals surface area contributed by atoms with E-state index in [9.17, 15) is 0 Å². The van der Waals surface area contributed by atoms with Gasteiger partial charge in [0.25, 0.3) is 0 Å². The largest absolute Gasteiger partial charge is 0.471 e. The molecule has 0 amide bonds. The third kappa shape index (κ3) is 3.32. The molecule has 0 atom stereocenters. The Balaban J connectivity index is 3.21. The van der Waals surface area contributed by atoms with Crippen molar-refractivity contribution < 1.29 is 4.74 Å². The summed E-state index contributed by atoms with van der Waals surface area (Å²) in [5.74, 6) is 7.67. The smallest absolute Gasteiger partial charge is 0.222 e. The average molecular weight is 252 g/mol. The van der Waals surface area contributed by atoms with Gasteiger partial charge in [-0.05, 0) is 27.2 Å². The van der Waals surface area contributed by atoms with Crippen LogP contribution >= 0.6 is 0 Å². The normalized spacial score (nSPS) is 11.8. The standard InChI is InChI=1S/C13H24N4O/c1-7-13(5,6)18-12-9(4)11(17-14)15-10(16-12)8(2)3/h8H,7,14H2,1-6H3,(H,15,16,17). The van der Waals surface area contributed by atoms with Crippen molar-refractivity contribution in [2.45, 2.75) is 59.5 Å². The monoisotopic (exact) mass is 252 g/mol. The molecule has 0 saturated heterocycles. The van der Waals surface area contributed by atoms with Gasteiger partial charge in [0.2, 0.25) is 5.88 Å². The zero-order chi connectivity index (χ0) is 13.9. The van der Waals surface area contributed by atoms with Crippen LogP contribution in [0.4, 0.5) is 5.82 Å². The molecule has 0 bridgehead atoms. The van der Waals surface area contributed by atoms with E-state index in [0.717, 1.165) is 17.8 Å². The Bertz CT molecular complexity index is 416. The summed E-state index contributed by atoms with van der Waals surface area (Å²) in [4.78, 5) is 8.86. The van der Waals surface area contributed by atoms with Crippen molar-refractivity contribution in [1.82, 2.24) is 9.97 Å². The average Bonchev–Trinajstić information content (AvgIpc) is 2.31. The van der Waals surface area contributed by atoms with Crippen LogP contribution in [0.3, 0.4) is 0 Å².